The fraction of sp³-hybridized carbons (Fsp3) is 0.115. The molecule has 7 nitrogen and oxygen atoms in total. The Hall–Kier alpha value is -4.46. The molecule has 172 valence electrons. The summed E-state index contributed by atoms with van der Waals surface area (Å²) in [4.78, 5) is 39.1. The number of carbonyl (C=O) groups is 3. The number of ether oxygens (including phenoxy) is 2. The lowest BCUT2D eigenvalue weighted by atomic mass is 9.95. The molecule has 3 aromatic rings. The third-order valence-electron chi connectivity index (χ3n) is 5.33. The Morgan fingerprint density at radius 2 is 1.65 bits per heavy atom. The van der Waals surface area contributed by atoms with Crippen molar-refractivity contribution in [2.24, 2.45) is 0 Å². The fourth-order valence-corrected chi connectivity index (χ4v) is 3.85. The zero-order chi connectivity index (χ0) is 24.4. The number of hydrogen-bond donors (Lipinski definition) is 1. The van der Waals surface area contributed by atoms with Gasteiger partial charge in [0.15, 0.2) is 0 Å². The molecule has 1 unspecified atom stereocenters. The molecular weight excluding hydrogens is 441 g/mol. The number of aliphatic hydroxyl groups is 1. The summed E-state index contributed by atoms with van der Waals surface area (Å²) in [6, 6.07) is 16.8. The Balaban J connectivity index is 1.94. The maximum absolute atomic E-state index is 13.4. The second-order valence-electron chi connectivity index (χ2n) is 7.54. The molecule has 34 heavy (non-hydrogen) atoms. The van der Waals surface area contributed by atoms with Crippen LogP contribution < -0.4 is 14.4 Å². The molecule has 1 aliphatic heterocycles. The monoisotopic (exact) mass is 461 g/mol. The van der Waals surface area contributed by atoms with E-state index in [4.69, 9.17) is 9.47 Å². The van der Waals surface area contributed by atoms with Crippen LogP contribution in [0.4, 0.5) is 10.1 Å². The van der Waals surface area contributed by atoms with Crippen LogP contribution in [0.2, 0.25) is 0 Å². The number of methoxy groups -OCH3 is 1. The van der Waals surface area contributed by atoms with Gasteiger partial charge in [0.2, 0.25) is 0 Å². The largest absolute Gasteiger partial charge is 0.507 e. The van der Waals surface area contributed by atoms with Gasteiger partial charge in [0.1, 0.15) is 23.1 Å². The molecule has 0 radical (unpaired) electrons. The Kier molecular flexibility index (Phi) is 6.14. The van der Waals surface area contributed by atoms with Crippen molar-refractivity contribution in [1.29, 1.82) is 0 Å². The van der Waals surface area contributed by atoms with Crippen LogP contribution in [-0.4, -0.2) is 29.9 Å². The van der Waals surface area contributed by atoms with Crippen molar-refractivity contribution < 1.29 is 33.4 Å². The summed E-state index contributed by atoms with van der Waals surface area (Å²) in [5, 5.41) is 11.1. The Morgan fingerprint density at radius 3 is 2.32 bits per heavy atom. The maximum atomic E-state index is 13.4. The molecule has 0 spiro atoms. The number of carbonyl (C=O) groups excluding carboxylic acids is 3. The van der Waals surface area contributed by atoms with Gasteiger partial charge in [0, 0.05) is 24.2 Å². The standard InChI is InChI=1S/C26H20FNO6/c1-15(29)34-21-8-3-5-17(13-21)23-22(24(30)16-9-11-18(27)12-10-16)25(31)26(32)28(23)19-6-4-7-20(14-19)33-2/h3-14,23,30H,1-2H3/b24-22+. The summed E-state index contributed by atoms with van der Waals surface area (Å²) < 4.78 is 23.9. The van der Waals surface area contributed by atoms with E-state index in [1.165, 1.54) is 37.1 Å². The van der Waals surface area contributed by atoms with Crippen molar-refractivity contribution in [2.75, 3.05) is 12.0 Å². The number of amides is 1. The molecule has 4 rings (SSSR count). The van der Waals surface area contributed by atoms with Crippen molar-refractivity contribution in [1.82, 2.24) is 0 Å². The predicted octanol–water partition coefficient (Wildman–Crippen LogP) is 4.39. The Bertz CT molecular complexity index is 1310. The SMILES string of the molecule is COc1cccc(N2C(=O)C(=O)/C(=C(/O)c3ccc(F)cc3)C2c2cccc(OC(C)=O)c2)c1. The first kappa shape index (κ1) is 22.7. The molecule has 1 atom stereocenters. The zero-order valence-electron chi connectivity index (χ0n) is 18.3. The average molecular weight is 461 g/mol. The molecule has 0 aromatic heterocycles. The molecule has 1 fully saturated rings. The lowest BCUT2D eigenvalue weighted by Gasteiger charge is -2.26. The van der Waals surface area contributed by atoms with E-state index < -0.39 is 35.3 Å². The van der Waals surface area contributed by atoms with Crippen LogP contribution in [0.15, 0.2) is 78.4 Å². The lowest BCUT2D eigenvalue weighted by Crippen LogP contribution is -2.29. The first-order valence-electron chi connectivity index (χ1n) is 10.3. The molecule has 8 heteroatoms. The molecule has 1 aliphatic rings. The van der Waals surface area contributed by atoms with Crippen LogP contribution in [0.5, 0.6) is 11.5 Å². The maximum Gasteiger partial charge on any atom is 0.308 e. The molecule has 0 aliphatic carbocycles. The van der Waals surface area contributed by atoms with E-state index in [0.29, 0.717) is 17.0 Å². The van der Waals surface area contributed by atoms with Crippen molar-refractivity contribution in [3.05, 3.63) is 95.3 Å². The number of aliphatic hydroxyl groups excluding tert-OH is 1. The van der Waals surface area contributed by atoms with Gasteiger partial charge in [-0.2, -0.15) is 0 Å². The average Bonchev–Trinajstić information content (AvgIpc) is 3.09. The van der Waals surface area contributed by atoms with Crippen molar-refractivity contribution in [2.45, 2.75) is 13.0 Å². The number of nitrogens with zero attached hydrogens (tertiary/aromatic N) is 1. The first-order chi connectivity index (χ1) is 16.3. The third-order valence-corrected chi connectivity index (χ3v) is 5.33. The first-order valence-corrected chi connectivity index (χ1v) is 10.3. The minimum Gasteiger partial charge on any atom is -0.507 e. The van der Waals surface area contributed by atoms with Gasteiger partial charge >= 0.3 is 5.97 Å². The summed E-state index contributed by atoms with van der Waals surface area (Å²) in [5.74, 6) is -2.60. The molecule has 1 N–H and O–H groups in total. The number of rotatable bonds is 5. The third kappa shape index (κ3) is 4.25. The van der Waals surface area contributed by atoms with Crippen LogP contribution in [0.1, 0.15) is 24.1 Å². The van der Waals surface area contributed by atoms with E-state index in [-0.39, 0.29) is 16.9 Å². The summed E-state index contributed by atoms with van der Waals surface area (Å²) in [5.41, 5.74) is 0.775. The molecule has 0 saturated carbocycles. The van der Waals surface area contributed by atoms with Crippen LogP contribution in [0, 0.1) is 5.82 Å². The summed E-state index contributed by atoms with van der Waals surface area (Å²) in [6.07, 6.45) is 0. The van der Waals surface area contributed by atoms with Gasteiger partial charge in [-0.15, -0.1) is 0 Å². The Morgan fingerprint density at radius 1 is 0.971 bits per heavy atom. The normalized spacial score (nSPS) is 17.0. The van der Waals surface area contributed by atoms with Gasteiger partial charge in [0.25, 0.3) is 11.7 Å². The predicted molar refractivity (Wildman–Crippen MR) is 122 cm³/mol. The van der Waals surface area contributed by atoms with E-state index >= 15 is 0 Å². The van der Waals surface area contributed by atoms with E-state index in [9.17, 15) is 23.9 Å². The van der Waals surface area contributed by atoms with E-state index in [2.05, 4.69) is 0 Å². The minimum absolute atomic E-state index is 0.172. The quantitative estimate of drug-likeness (QED) is 0.199. The highest BCUT2D eigenvalue weighted by Crippen LogP contribution is 2.43. The van der Waals surface area contributed by atoms with Crippen LogP contribution in [0.25, 0.3) is 5.76 Å². The highest BCUT2D eigenvalue weighted by molar-refractivity contribution is 6.51. The number of hydrogen-bond acceptors (Lipinski definition) is 6. The van der Waals surface area contributed by atoms with E-state index in [1.54, 1.807) is 42.5 Å². The van der Waals surface area contributed by atoms with Crippen LogP contribution in [0.3, 0.4) is 0 Å². The molecular formula is C26H20FNO6. The number of ketones is 1. The van der Waals surface area contributed by atoms with Crippen LogP contribution in [-0.2, 0) is 14.4 Å². The summed E-state index contributed by atoms with van der Waals surface area (Å²) in [6.45, 7) is 1.25. The topological polar surface area (TPSA) is 93.1 Å². The second-order valence-corrected chi connectivity index (χ2v) is 7.54. The molecule has 1 amide bonds. The fourth-order valence-electron chi connectivity index (χ4n) is 3.85. The molecule has 0 bridgehead atoms. The van der Waals surface area contributed by atoms with Crippen molar-refractivity contribution >= 4 is 29.1 Å². The zero-order valence-corrected chi connectivity index (χ0v) is 18.3. The minimum atomic E-state index is -1.05. The van der Waals surface area contributed by atoms with E-state index in [1.807, 2.05) is 0 Å². The number of halogens is 1. The Labute approximate surface area is 194 Å². The number of benzene rings is 3. The number of esters is 1. The molecule has 1 heterocycles. The number of Topliss-reactive ketones (excluding diaryl/α,β-unsaturated/α-hetero) is 1. The number of anilines is 1. The highest BCUT2D eigenvalue weighted by atomic mass is 19.1. The smallest absolute Gasteiger partial charge is 0.308 e. The van der Waals surface area contributed by atoms with Crippen LogP contribution >= 0.6 is 0 Å². The van der Waals surface area contributed by atoms with E-state index in [0.717, 1.165) is 12.1 Å². The summed E-state index contributed by atoms with van der Waals surface area (Å²) in [7, 11) is 1.47. The van der Waals surface area contributed by atoms with Gasteiger partial charge in [0.05, 0.1) is 18.7 Å². The van der Waals surface area contributed by atoms with Gasteiger partial charge in [-0.05, 0) is 54.1 Å². The highest BCUT2D eigenvalue weighted by Gasteiger charge is 2.47. The lowest BCUT2D eigenvalue weighted by molar-refractivity contribution is -0.132. The summed E-state index contributed by atoms with van der Waals surface area (Å²) >= 11 is 0. The molecule has 3 aromatic carbocycles. The van der Waals surface area contributed by atoms with Gasteiger partial charge in [-0.25, -0.2) is 4.39 Å². The van der Waals surface area contributed by atoms with Gasteiger partial charge in [-0.3, -0.25) is 19.3 Å². The van der Waals surface area contributed by atoms with Gasteiger partial charge in [-0.1, -0.05) is 18.2 Å². The van der Waals surface area contributed by atoms with Crippen molar-refractivity contribution in [3.8, 4) is 11.5 Å². The van der Waals surface area contributed by atoms with Crippen molar-refractivity contribution in [3.63, 3.8) is 0 Å². The van der Waals surface area contributed by atoms with Gasteiger partial charge < -0.3 is 14.6 Å². The molecule has 1 saturated heterocycles. The second kappa shape index (κ2) is 9.19.